The fraction of sp³-hybridized carbons (Fsp3) is 0.360. The summed E-state index contributed by atoms with van der Waals surface area (Å²) in [6.45, 7) is 3.53. The minimum atomic E-state index is -0.391. The van der Waals surface area contributed by atoms with E-state index in [9.17, 15) is 4.79 Å². The van der Waals surface area contributed by atoms with E-state index in [1.54, 1.807) is 14.2 Å². The van der Waals surface area contributed by atoms with Crippen molar-refractivity contribution in [2.24, 2.45) is 0 Å². The number of piperidine rings is 1. The maximum atomic E-state index is 13.9. The van der Waals surface area contributed by atoms with Crippen LogP contribution >= 0.6 is 0 Å². The molecule has 1 N–H and O–H groups in total. The molecule has 1 fully saturated rings. The molecule has 0 unspecified atom stereocenters. The molecular formula is C25H28N4O3. The highest BCUT2D eigenvalue weighted by Crippen LogP contribution is 2.43. The van der Waals surface area contributed by atoms with Crippen LogP contribution in [0, 0.1) is 0 Å². The number of nitrogens with one attached hydrogen (secondary N) is 1. The second kappa shape index (κ2) is 8.22. The lowest BCUT2D eigenvalue weighted by Crippen LogP contribution is -2.40. The monoisotopic (exact) mass is 432 g/mol. The van der Waals surface area contributed by atoms with Crippen molar-refractivity contribution in [1.29, 1.82) is 0 Å². The molecular weight excluding hydrogens is 404 g/mol. The molecule has 1 saturated heterocycles. The van der Waals surface area contributed by atoms with Crippen LogP contribution in [0.4, 0.5) is 5.95 Å². The number of hydrogen-bond acceptors (Lipinski definition) is 5. The average Bonchev–Trinajstić information content (AvgIpc) is 3.20. The molecule has 2 aliphatic rings. The third-order valence-electron chi connectivity index (χ3n) is 6.44. The van der Waals surface area contributed by atoms with Crippen molar-refractivity contribution in [2.45, 2.75) is 32.2 Å². The van der Waals surface area contributed by atoms with Crippen molar-refractivity contribution in [2.75, 3.05) is 32.6 Å². The maximum Gasteiger partial charge on any atom is 0.254 e. The Kier molecular flexibility index (Phi) is 5.25. The normalized spacial score (nSPS) is 18.3. The summed E-state index contributed by atoms with van der Waals surface area (Å²) in [4.78, 5) is 20.7. The quantitative estimate of drug-likeness (QED) is 0.664. The first-order chi connectivity index (χ1) is 15.6. The highest BCUT2D eigenvalue weighted by atomic mass is 16.5. The molecule has 0 spiro atoms. The van der Waals surface area contributed by atoms with E-state index in [0.717, 1.165) is 48.2 Å². The second-order valence-electron chi connectivity index (χ2n) is 8.32. The summed E-state index contributed by atoms with van der Waals surface area (Å²) < 4.78 is 13.4. The highest BCUT2D eigenvalue weighted by molar-refractivity contribution is 5.98. The number of fused-ring (bicyclic) bond motifs is 3. The summed E-state index contributed by atoms with van der Waals surface area (Å²) >= 11 is 0. The number of amides is 1. The Bertz CT molecular complexity index is 1210. The van der Waals surface area contributed by atoms with Gasteiger partial charge in [0.1, 0.15) is 11.5 Å². The third kappa shape index (κ3) is 3.28. The molecule has 1 amide bonds. The Morgan fingerprint density at radius 1 is 1.06 bits per heavy atom. The summed E-state index contributed by atoms with van der Waals surface area (Å²) in [5.41, 5.74) is 4.24. The molecule has 2 aliphatic heterocycles. The minimum absolute atomic E-state index is 0.0630. The topological polar surface area (TPSA) is 68.6 Å². The summed E-state index contributed by atoms with van der Waals surface area (Å²) in [5, 5.41) is 3.40. The van der Waals surface area contributed by atoms with Crippen LogP contribution in [0.2, 0.25) is 0 Å². The van der Waals surface area contributed by atoms with Crippen molar-refractivity contribution in [3.8, 4) is 11.5 Å². The van der Waals surface area contributed by atoms with Crippen LogP contribution in [-0.4, -0.2) is 47.7 Å². The van der Waals surface area contributed by atoms with Crippen molar-refractivity contribution in [1.82, 2.24) is 14.5 Å². The van der Waals surface area contributed by atoms with Crippen molar-refractivity contribution in [3.63, 3.8) is 0 Å². The molecule has 0 aliphatic carbocycles. The van der Waals surface area contributed by atoms with Crippen LogP contribution in [0.3, 0.4) is 0 Å². The van der Waals surface area contributed by atoms with Crippen LogP contribution in [0.1, 0.15) is 37.8 Å². The standard InChI is InChI=1S/C25H28N4O3/c1-16-22(24(30)28-13-7-4-8-14-28)23(18-15-17(31-2)11-12-21(18)32-3)29-20-10-6-5-9-19(20)27-25(29)26-16/h5-6,9-12,15,23H,4,7-8,13-14H2,1-3H3,(H,26,27)/t23-/m1/s1. The number of para-hydroxylation sites is 2. The van der Waals surface area contributed by atoms with Gasteiger partial charge in [0.25, 0.3) is 5.91 Å². The Balaban J connectivity index is 1.75. The SMILES string of the molecule is COc1ccc(OC)c([C@@H]2C(C(=O)N3CCCCC3)=C(C)Nc3nc4ccccc4n32)c1. The molecule has 3 aromatic rings. The predicted octanol–water partition coefficient (Wildman–Crippen LogP) is 4.35. The smallest absolute Gasteiger partial charge is 0.254 e. The number of imidazole rings is 1. The number of benzene rings is 2. The molecule has 7 nitrogen and oxygen atoms in total. The first-order valence-electron chi connectivity index (χ1n) is 11.1. The number of carbonyl (C=O) groups is 1. The van der Waals surface area contributed by atoms with Crippen molar-refractivity contribution < 1.29 is 14.3 Å². The highest BCUT2D eigenvalue weighted by Gasteiger charge is 2.37. The molecule has 1 aromatic heterocycles. The number of rotatable bonds is 4. The molecule has 0 bridgehead atoms. The number of methoxy groups -OCH3 is 2. The molecule has 166 valence electrons. The second-order valence-corrected chi connectivity index (χ2v) is 8.32. The van der Waals surface area contributed by atoms with Crippen LogP contribution < -0.4 is 14.8 Å². The van der Waals surface area contributed by atoms with Gasteiger partial charge in [0.05, 0.1) is 36.9 Å². The predicted molar refractivity (Wildman–Crippen MR) is 124 cm³/mol. The molecule has 5 rings (SSSR count). The molecule has 1 atom stereocenters. The van der Waals surface area contributed by atoms with Gasteiger partial charge in [0.15, 0.2) is 0 Å². The van der Waals surface area contributed by atoms with E-state index in [4.69, 9.17) is 14.5 Å². The first-order valence-corrected chi connectivity index (χ1v) is 11.1. The zero-order chi connectivity index (χ0) is 22.2. The fourth-order valence-corrected chi connectivity index (χ4v) is 4.86. The van der Waals surface area contributed by atoms with Gasteiger partial charge >= 0.3 is 0 Å². The lowest BCUT2D eigenvalue weighted by molar-refractivity contribution is -0.128. The molecule has 0 saturated carbocycles. The average molecular weight is 433 g/mol. The maximum absolute atomic E-state index is 13.9. The Hall–Kier alpha value is -3.48. The molecule has 32 heavy (non-hydrogen) atoms. The van der Waals surface area contributed by atoms with E-state index in [1.807, 2.05) is 54.3 Å². The third-order valence-corrected chi connectivity index (χ3v) is 6.44. The lowest BCUT2D eigenvalue weighted by Gasteiger charge is -2.35. The molecule has 3 heterocycles. The van der Waals surface area contributed by atoms with E-state index < -0.39 is 6.04 Å². The number of aromatic nitrogens is 2. The van der Waals surface area contributed by atoms with Crippen LogP contribution in [0.15, 0.2) is 53.7 Å². The Morgan fingerprint density at radius 3 is 2.59 bits per heavy atom. The summed E-state index contributed by atoms with van der Waals surface area (Å²) in [5.74, 6) is 2.20. The van der Waals surface area contributed by atoms with E-state index in [0.29, 0.717) is 23.0 Å². The van der Waals surface area contributed by atoms with Crippen molar-refractivity contribution >= 4 is 22.9 Å². The van der Waals surface area contributed by atoms with Gasteiger partial charge in [0.2, 0.25) is 5.95 Å². The van der Waals surface area contributed by atoms with Gasteiger partial charge in [-0.15, -0.1) is 0 Å². The van der Waals surface area contributed by atoms with E-state index in [-0.39, 0.29) is 5.91 Å². The number of allylic oxidation sites excluding steroid dienone is 1. The molecule has 2 aromatic carbocycles. The number of likely N-dealkylation sites (tertiary alicyclic amines) is 1. The van der Waals surface area contributed by atoms with Crippen LogP contribution in [0.5, 0.6) is 11.5 Å². The van der Waals surface area contributed by atoms with Gasteiger partial charge in [-0.05, 0) is 56.5 Å². The first kappa shape index (κ1) is 20.4. The van der Waals surface area contributed by atoms with Crippen molar-refractivity contribution in [3.05, 3.63) is 59.3 Å². The van der Waals surface area contributed by atoms with E-state index >= 15 is 0 Å². The van der Waals surface area contributed by atoms with Gasteiger partial charge in [-0.2, -0.15) is 0 Å². The fourth-order valence-electron chi connectivity index (χ4n) is 4.86. The molecule has 7 heteroatoms. The van der Waals surface area contributed by atoms with Gasteiger partial charge < -0.3 is 19.7 Å². The Morgan fingerprint density at radius 2 is 1.84 bits per heavy atom. The number of ether oxygens (including phenoxy) is 2. The minimum Gasteiger partial charge on any atom is -0.497 e. The summed E-state index contributed by atoms with van der Waals surface area (Å²) in [6.07, 6.45) is 3.25. The van der Waals surface area contributed by atoms with Gasteiger partial charge in [-0.3, -0.25) is 9.36 Å². The van der Waals surface area contributed by atoms with Crippen LogP contribution in [-0.2, 0) is 4.79 Å². The van der Waals surface area contributed by atoms with E-state index in [1.165, 1.54) is 6.42 Å². The number of anilines is 1. The number of carbonyl (C=O) groups excluding carboxylic acids is 1. The molecule has 0 radical (unpaired) electrons. The largest absolute Gasteiger partial charge is 0.497 e. The number of hydrogen-bond donors (Lipinski definition) is 1. The van der Waals surface area contributed by atoms with Gasteiger partial charge in [-0.25, -0.2) is 4.98 Å². The van der Waals surface area contributed by atoms with Crippen LogP contribution in [0.25, 0.3) is 11.0 Å². The summed E-state index contributed by atoms with van der Waals surface area (Å²) in [6, 6.07) is 13.3. The van der Waals surface area contributed by atoms with Gasteiger partial charge in [-0.1, -0.05) is 12.1 Å². The van der Waals surface area contributed by atoms with Gasteiger partial charge in [0, 0.05) is 24.4 Å². The number of nitrogens with zero attached hydrogens (tertiary/aromatic N) is 3. The lowest BCUT2D eigenvalue weighted by atomic mass is 9.92. The summed E-state index contributed by atoms with van der Waals surface area (Å²) in [7, 11) is 3.30. The Labute approximate surface area is 187 Å². The zero-order valence-corrected chi connectivity index (χ0v) is 18.7. The van der Waals surface area contributed by atoms with E-state index in [2.05, 4.69) is 9.88 Å². The zero-order valence-electron chi connectivity index (χ0n) is 18.7.